The van der Waals surface area contributed by atoms with Crippen molar-refractivity contribution in [2.75, 3.05) is 50.8 Å². The number of piperazine rings is 1. The fraction of sp³-hybridized carbons (Fsp3) is 0.577. The lowest BCUT2D eigenvalue weighted by Crippen LogP contribution is -2.64. The van der Waals surface area contributed by atoms with Gasteiger partial charge in [0, 0.05) is 64.2 Å². The molecule has 2 fully saturated rings. The number of benzene rings is 1. The van der Waals surface area contributed by atoms with Crippen LogP contribution < -0.4 is 4.90 Å². The van der Waals surface area contributed by atoms with Gasteiger partial charge in [-0.25, -0.2) is 4.98 Å². The van der Waals surface area contributed by atoms with Crippen LogP contribution in [-0.4, -0.2) is 77.6 Å². The van der Waals surface area contributed by atoms with Crippen LogP contribution in [0.25, 0.3) is 0 Å². The summed E-state index contributed by atoms with van der Waals surface area (Å²) in [7, 11) is 0. The Balaban J connectivity index is 1.56. The van der Waals surface area contributed by atoms with Crippen molar-refractivity contribution < 1.29 is 23.0 Å². The van der Waals surface area contributed by atoms with Crippen molar-refractivity contribution in [1.29, 1.82) is 0 Å². The number of aliphatic hydroxyl groups is 1. The van der Waals surface area contributed by atoms with Crippen LogP contribution in [0, 0.1) is 0 Å². The standard InChI is InChI=1S/C26H35F3N4O2/c1-2-23(34)33(24-22(26(27,28)29)9-6-12-30-24)20-25(10-17-35-18-11-25)32-15-13-31(14-16-32)19-21-7-4-3-5-8-21/h3-9,12,23,34H,2,10-11,13-20H2,1H3. The van der Waals surface area contributed by atoms with Gasteiger partial charge in [-0.3, -0.25) is 9.80 Å². The first-order chi connectivity index (χ1) is 16.8. The topological polar surface area (TPSA) is 52.1 Å². The number of aliphatic hydroxyl groups excluding tert-OH is 1. The molecule has 1 N–H and O–H groups in total. The number of hydrogen-bond acceptors (Lipinski definition) is 6. The Bertz CT molecular complexity index is 930. The summed E-state index contributed by atoms with van der Waals surface area (Å²) in [6.07, 6.45) is -2.56. The molecule has 2 aromatic rings. The summed E-state index contributed by atoms with van der Waals surface area (Å²) in [6.45, 7) is 7.42. The first kappa shape index (κ1) is 25.9. The number of ether oxygens (including phenoxy) is 1. The van der Waals surface area contributed by atoms with Crippen LogP contribution >= 0.6 is 0 Å². The Morgan fingerprint density at radius 3 is 2.37 bits per heavy atom. The predicted molar refractivity (Wildman–Crippen MR) is 129 cm³/mol. The zero-order valence-corrected chi connectivity index (χ0v) is 20.3. The SMILES string of the molecule is CCC(O)N(CC1(N2CCN(Cc3ccccc3)CC2)CCOCC1)c1ncccc1C(F)(F)F. The van der Waals surface area contributed by atoms with Crippen LogP contribution in [0.5, 0.6) is 0 Å². The highest BCUT2D eigenvalue weighted by Crippen LogP contribution is 2.38. The van der Waals surface area contributed by atoms with E-state index in [0.29, 0.717) is 32.5 Å². The molecule has 0 amide bonds. The Morgan fingerprint density at radius 2 is 1.74 bits per heavy atom. The predicted octanol–water partition coefficient (Wildman–Crippen LogP) is 4.00. The van der Waals surface area contributed by atoms with Crippen molar-refractivity contribution in [2.45, 2.75) is 50.7 Å². The third-order valence-electron chi connectivity index (χ3n) is 7.27. The van der Waals surface area contributed by atoms with E-state index in [1.54, 1.807) is 6.92 Å². The largest absolute Gasteiger partial charge is 0.419 e. The van der Waals surface area contributed by atoms with E-state index in [1.165, 1.54) is 22.7 Å². The molecule has 1 aromatic carbocycles. The van der Waals surface area contributed by atoms with E-state index in [1.807, 2.05) is 18.2 Å². The minimum Gasteiger partial charge on any atom is -0.381 e. The van der Waals surface area contributed by atoms with E-state index >= 15 is 0 Å². The van der Waals surface area contributed by atoms with E-state index in [4.69, 9.17) is 4.74 Å². The highest BCUT2D eigenvalue weighted by molar-refractivity contribution is 5.49. The van der Waals surface area contributed by atoms with Crippen LogP contribution in [0.3, 0.4) is 0 Å². The van der Waals surface area contributed by atoms with Gasteiger partial charge < -0.3 is 14.7 Å². The monoisotopic (exact) mass is 492 g/mol. The fourth-order valence-corrected chi connectivity index (χ4v) is 5.25. The Kier molecular flexibility index (Phi) is 8.31. The van der Waals surface area contributed by atoms with E-state index in [-0.39, 0.29) is 12.4 Å². The van der Waals surface area contributed by atoms with Gasteiger partial charge >= 0.3 is 6.18 Å². The molecule has 4 rings (SSSR count). The van der Waals surface area contributed by atoms with Gasteiger partial charge in [0.1, 0.15) is 12.0 Å². The summed E-state index contributed by atoms with van der Waals surface area (Å²) in [5.74, 6) is -0.206. The Labute approximate surface area is 205 Å². The maximum Gasteiger partial charge on any atom is 0.419 e. The number of pyridine rings is 1. The number of aromatic nitrogens is 1. The molecule has 35 heavy (non-hydrogen) atoms. The zero-order chi connectivity index (χ0) is 24.9. The number of halogens is 3. The molecule has 1 unspecified atom stereocenters. The molecule has 3 heterocycles. The molecule has 0 saturated carbocycles. The first-order valence-electron chi connectivity index (χ1n) is 12.4. The van der Waals surface area contributed by atoms with Gasteiger partial charge in [-0.15, -0.1) is 0 Å². The van der Waals surface area contributed by atoms with E-state index < -0.39 is 23.5 Å². The number of anilines is 1. The van der Waals surface area contributed by atoms with Crippen molar-refractivity contribution in [3.05, 3.63) is 59.8 Å². The quantitative estimate of drug-likeness (QED) is 0.563. The number of nitrogens with zero attached hydrogens (tertiary/aromatic N) is 4. The molecule has 2 saturated heterocycles. The molecule has 1 aromatic heterocycles. The van der Waals surface area contributed by atoms with Crippen molar-refractivity contribution in [2.24, 2.45) is 0 Å². The van der Waals surface area contributed by atoms with Gasteiger partial charge in [-0.05, 0) is 37.0 Å². The third kappa shape index (κ3) is 6.14. The summed E-state index contributed by atoms with van der Waals surface area (Å²) >= 11 is 0. The van der Waals surface area contributed by atoms with Crippen LogP contribution in [0.1, 0.15) is 37.3 Å². The maximum atomic E-state index is 13.8. The van der Waals surface area contributed by atoms with Crippen molar-refractivity contribution in [3.8, 4) is 0 Å². The van der Waals surface area contributed by atoms with Crippen molar-refractivity contribution >= 4 is 5.82 Å². The van der Waals surface area contributed by atoms with Crippen molar-refractivity contribution in [3.63, 3.8) is 0 Å². The van der Waals surface area contributed by atoms with Gasteiger partial charge in [-0.1, -0.05) is 37.3 Å². The maximum absolute atomic E-state index is 13.8. The van der Waals surface area contributed by atoms with E-state index in [0.717, 1.165) is 38.8 Å². The van der Waals surface area contributed by atoms with Crippen LogP contribution in [0.15, 0.2) is 48.7 Å². The summed E-state index contributed by atoms with van der Waals surface area (Å²) in [5.41, 5.74) is 0.0596. The molecule has 1 atom stereocenters. The van der Waals surface area contributed by atoms with Gasteiger partial charge in [0.2, 0.25) is 0 Å². The molecule has 2 aliphatic rings. The zero-order valence-electron chi connectivity index (χ0n) is 20.3. The summed E-state index contributed by atoms with van der Waals surface area (Å²) in [6, 6.07) is 12.7. The summed E-state index contributed by atoms with van der Waals surface area (Å²) in [5, 5.41) is 10.9. The molecule has 0 aliphatic carbocycles. The van der Waals surface area contributed by atoms with E-state index in [9.17, 15) is 18.3 Å². The van der Waals surface area contributed by atoms with Crippen LogP contribution in [0.4, 0.5) is 19.0 Å². The highest BCUT2D eigenvalue weighted by atomic mass is 19.4. The van der Waals surface area contributed by atoms with Gasteiger partial charge in [0.15, 0.2) is 0 Å². The number of rotatable bonds is 8. The molecule has 9 heteroatoms. The molecular weight excluding hydrogens is 457 g/mol. The van der Waals surface area contributed by atoms with Gasteiger partial charge in [-0.2, -0.15) is 13.2 Å². The average Bonchev–Trinajstić information content (AvgIpc) is 2.88. The molecule has 2 aliphatic heterocycles. The highest BCUT2D eigenvalue weighted by Gasteiger charge is 2.44. The average molecular weight is 493 g/mol. The molecule has 0 radical (unpaired) electrons. The third-order valence-corrected chi connectivity index (χ3v) is 7.27. The molecule has 0 bridgehead atoms. The fourth-order valence-electron chi connectivity index (χ4n) is 5.25. The second-order valence-corrected chi connectivity index (χ2v) is 9.47. The second-order valence-electron chi connectivity index (χ2n) is 9.47. The minimum absolute atomic E-state index is 0.206. The van der Waals surface area contributed by atoms with E-state index in [2.05, 4.69) is 26.9 Å². The second kappa shape index (κ2) is 11.2. The Hall–Kier alpha value is -2.20. The lowest BCUT2D eigenvalue weighted by molar-refractivity contribution is -0.137. The molecular formula is C26H35F3N4O2. The number of hydrogen-bond donors (Lipinski definition) is 1. The normalized spacial score (nSPS) is 20.5. The summed E-state index contributed by atoms with van der Waals surface area (Å²) < 4.78 is 47.2. The van der Waals surface area contributed by atoms with Gasteiger partial charge in [0.25, 0.3) is 0 Å². The molecule has 192 valence electrons. The van der Waals surface area contributed by atoms with Crippen molar-refractivity contribution in [1.82, 2.24) is 14.8 Å². The van der Waals surface area contributed by atoms with Crippen LogP contribution in [0.2, 0.25) is 0 Å². The first-order valence-corrected chi connectivity index (χ1v) is 12.4. The summed E-state index contributed by atoms with van der Waals surface area (Å²) in [4.78, 5) is 10.4. The smallest absolute Gasteiger partial charge is 0.381 e. The lowest BCUT2D eigenvalue weighted by atomic mass is 9.86. The number of alkyl halides is 3. The Morgan fingerprint density at radius 1 is 1.06 bits per heavy atom. The van der Waals surface area contributed by atoms with Crippen LogP contribution in [-0.2, 0) is 17.5 Å². The lowest BCUT2D eigenvalue weighted by Gasteiger charge is -2.52. The molecule has 6 nitrogen and oxygen atoms in total. The molecule has 0 spiro atoms. The van der Waals surface area contributed by atoms with Gasteiger partial charge in [0.05, 0.1) is 5.56 Å². The minimum atomic E-state index is -4.55.